The molecule has 104 valence electrons. The van der Waals surface area contributed by atoms with E-state index in [0.717, 1.165) is 17.8 Å². The van der Waals surface area contributed by atoms with Crippen molar-refractivity contribution in [1.29, 1.82) is 0 Å². The minimum atomic E-state index is -1.22. The first-order chi connectivity index (χ1) is 9.56. The number of pyridine rings is 1. The van der Waals surface area contributed by atoms with E-state index in [-0.39, 0.29) is 11.4 Å². The van der Waals surface area contributed by atoms with Gasteiger partial charge in [-0.1, -0.05) is 23.7 Å². The van der Waals surface area contributed by atoms with Crippen molar-refractivity contribution in [3.63, 3.8) is 0 Å². The first-order valence-corrected chi connectivity index (χ1v) is 6.31. The molecule has 2 N–H and O–H groups in total. The zero-order valence-corrected chi connectivity index (χ0v) is 11.2. The number of rotatable bonds is 5. The molecule has 1 heterocycles. The number of halogens is 2. The molecule has 0 saturated carbocycles. The number of aromatic nitrogens is 1. The van der Waals surface area contributed by atoms with Crippen LogP contribution in [0.25, 0.3) is 0 Å². The fraction of sp³-hybridized carbons (Fsp3) is 0.143. The lowest BCUT2D eigenvalue weighted by Gasteiger charge is -2.08. The lowest BCUT2D eigenvalue weighted by atomic mass is 10.1. The molecule has 0 unspecified atom stereocenters. The highest BCUT2D eigenvalue weighted by Gasteiger charge is 2.12. The Morgan fingerprint density at radius 1 is 1.35 bits per heavy atom. The van der Waals surface area contributed by atoms with E-state index in [1.54, 1.807) is 12.1 Å². The number of hydrogen-bond acceptors (Lipinski definition) is 3. The number of carboxylic acids is 1. The fourth-order valence-electron chi connectivity index (χ4n) is 1.72. The SMILES string of the molecule is O=C(O)c1cc(F)cnc1NCCc1ccc(Cl)cc1. The Morgan fingerprint density at radius 3 is 2.70 bits per heavy atom. The molecule has 20 heavy (non-hydrogen) atoms. The van der Waals surface area contributed by atoms with E-state index in [0.29, 0.717) is 18.0 Å². The van der Waals surface area contributed by atoms with Crippen molar-refractivity contribution in [3.8, 4) is 0 Å². The van der Waals surface area contributed by atoms with Gasteiger partial charge in [0.15, 0.2) is 0 Å². The minimum absolute atomic E-state index is 0.160. The van der Waals surface area contributed by atoms with Gasteiger partial charge in [0.2, 0.25) is 0 Å². The van der Waals surface area contributed by atoms with Crippen LogP contribution in [0.1, 0.15) is 15.9 Å². The summed E-state index contributed by atoms with van der Waals surface area (Å²) in [5, 5.41) is 12.5. The Kier molecular flexibility index (Phi) is 4.53. The van der Waals surface area contributed by atoms with E-state index in [4.69, 9.17) is 16.7 Å². The summed E-state index contributed by atoms with van der Waals surface area (Å²) in [5.74, 6) is -1.73. The molecule has 0 aliphatic heterocycles. The number of carbonyl (C=O) groups is 1. The van der Waals surface area contributed by atoms with Crippen LogP contribution in [0, 0.1) is 5.82 Å². The highest BCUT2D eigenvalue weighted by Crippen LogP contribution is 2.14. The Hall–Kier alpha value is -2.14. The summed E-state index contributed by atoms with van der Waals surface area (Å²) in [7, 11) is 0. The van der Waals surface area contributed by atoms with Crippen LogP contribution < -0.4 is 5.32 Å². The lowest BCUT2D eigenvalue weighted by Crippen LogP contribution is -2.11. The van der Waals surface area contributed by atoms with Gasteiger partial charge in [-0.2, -0.15) is 0 Å². The largest absolute Gasteiger partial charge is 0.478 e. The smallest absolute Gasteiger partial charge is 0.339 e. The van der Waals surface area contributed by atoms with Crippen molar-refractivity contribution in [1.82, 2.24) is 4.98 Å². The van der Waals surface area contributed by atoms with Crippen LogP contribution >= 0.6 is 11.6 Å². The standard InChI is InChI=1S/C14H12ClFN2O2/c15-10-3-1-9(2-4-10)5-6-17-13-12(14(19)20)7-11(16)8-18-13/h1-4,7-8H,5-6H2,(H,17,18)(H,19,20). The van der Waals surface area contributed by atoms with E-state index in [1.807, 2.05) is 12.1 Å². The molecule has 4 nitrogen and oxygen atoms in total. The molecule has 0 aliphatic carbocycles. The summed E-state index contributed by atoms with van der Waals surface area (Å²) in [4.78, 5) is 14.7. The molecule has 0 saturated heterocycles. The van der Waals surface area contributed by atoms with Gasteiger partial charge in [0.05, 0.1) is 6.20 Å². The second-order valence-electron chi connectivity index (χ2n) is 4.16. The molecule has 2 aromatic rings. The molecular formula is C14H12ClFN2O2. The Bertz CT molecular complexity index is 617. The van der Waals surface area contributed by atoms with E-state index in [9.17, 15) is 9.18 Å². The molecule has 1 aromatic heterocycles. The summed E-state index contributed by atoms with van der Waals surface area (Å²) < 4.78 is 13.0. The van der Waals surface area contributed by atoms with Gasteiger partial charge in [0, 0.05) is 11.6 Å². The quantitative estimate of drug-likeness (QED) is 0.889. The number of anilines is 1. The zero-order chi connectivity index (χ0) is 14.5. The molecule has 0 amide bonds. The van der Waals surface area contributed by atoms with Crippen LogP contribution in [0.4, 0.5) is 10.2 Å². The van der Waals surface area contributed by atoms with Gasteiger partial charge in [0.25, 0.3) is 0 Å². The summed E-state index contributed by atoms with van der Waals surface area (Å²) in [5.41, 5.74) is 0.877. The fourth-order valence-corrected chi connectivity index (χ4v) is 1.85. The molecule has 6 heteroatoms. The number of benzene rings is 1. The monoisotopic (exact) mass is 294 g/mol. The van der Waals surface area contributed by atoms with E-state index < -0.39 is 11.8 Å². The number of aromatic carboxylic acids is 1. The van der Waals surface area contributed by atoms with Crippen LogP contribution in [-0.2, 0) is 6.42 Å². The molecule has 1 aromatic carbocycles. The molecule has 2 rings (SSSR count). The van der Waals surface area contributed by atoms with Crippen molar-refractivity contribution in [2.75, 3.05) is 11.9 Å². The maximum atomic E-state index is 13.0. The van der Waals surface area contributed by atoms with E-state index >= 15 is 0 Å². The maximum Gasteiger partial charge on any atom is 0.339 e. The molecule has 0 radical (unpaired) electrons. The van der Waals surface area contributed by atoms with Crippen LogP contribution in [0.3, 0.4) is 0 Å². The number of hydrogen-bond donors (Lipinski definition) is 2. The first-order valence-electron chi connectivity index (χ1n) is 5.93. The average Bonchev–Trinajstić information content (AvgIpc) is 2.42. The first kappa shape index (κ1) is 14.3. The second-order valence-corrected chi connectivity index (χ2v) is 4.59. The average molecular weight is 295 g/mol. The minimum Gasteiger partial charge on any atom is -0.478 e. The number of nitrogens with one attached hydrogen (secondary N) is 1. The summed E-state index contributed by atoms with van der Waals surface area (Å²) in [6, 6.07) is 8.30. The van der Waals surface area contributed by atoms with Crippen LogP contribution in [0.15, 0.2) is 36.5 Å². The summed E-state index contributed by atoms with van der Waals surface area (Å²) in [6.07, 6.45) is 1.66. The predicted molar refractivity (Wildman–Crippen MR) is 74.8 cm³/mol. The normalized spacial score (nSPS) is 10.3. The van der Waals surface area contributed by atoms with Crippen molar-refractivity contribution in [3.05, 3.63) is 58.5 Å². The van der Waals surface area contributed by atoms with Gasteiger partial charge >= 0.3 is 5.97 Å². The van der Waals surface area contributed by atoms with Crippen molar-refractivity contribution < 1.29 is 14.3 Å². The third kappa shape index (κ3) is 3.68. The third-order valence-electron chi connectivity index (χ3n) is 2.70. The second kappa shape index (κ2) is 6.34. The van der Waals surface area contributed by atoms with Gasteiger partial charge in [-0.25, -0.2) is 14.2 Å². The van der Waals surface area contributed by atoms with Gasteiger partial charge in [-0.15, -0.1) is 0 Å². The molecular weight excluding hydrogens is 283 g/mol. The molecule has 0 fully saturated rings. The van der Waals surface area contributed by atoms with Crippen LogP contribution in [0.2, 0.25) is 5.02 Å². The van der Waals surface area contributed by atoms with E-state index in [1.165, 1.54) is 0 Å². The highest BCUT2D eigenvalue weighted by molar-refractivity contribution is 6.30. The van der Waals surface area contributed by atoms with Gasteiger partial charge in [0.1, 0.15) is 17.2 Å². The van der Waals surface area contributed by atoms with Crippen LogP contribution in [0.5, 0.6) is 0 Å². The van der Waals surface area contributed by atoms with Crippen molar-refractivity contribution in [2.24, 2.45) is 0 Å². The van der Waals surface area contributed by atoms with Gasteiger partial charge < -0.3 is 10.4 Å². The molecule has 0 aliphatic rings. The zero-order valence-electron chi connectivity index (χ0n) is 10.4. The highest BCUT2D eigenvalue weighted by atomic mass is 35.5. The van der Waals surface area contributed by atoms with Crippen molar-refractivity contribution in [2.45, 2.75) is 6.42 Å². The van der Waals surface area contributed by atoms with E-state index in [2.05, 4.69) is 10.3 Å². The lowest BCUT2D eigenvalue weighted by molar-refractivity contribution is 0.0697. The summed E-state index contributed by atoms with van der Waals surface area (Å²) in [6.45, 7) is 0.487. The van der Waals surface area contributed by atoms with Crippen LogP contribution in [-0.4, -0.2) is 22.6 Å². The topological polar surface area (TPSA) is 62.2 Å². The summed E-state index contributed by atoms with van der Waals surface area (Å²) >= 11 is 5.79. The maximum absolute atomic E-state index is 13.0. The van der Waals surface area contributed by atoms with Crippen molar-refractivity contribution >= 4 is 23.4 Å². The Labute approximate surface area is 120 Å². The molecule has 0 spiro atoms. The Balaban J connectivity index is 2.00. The Morgan fingerprint density at radius 2 is 2.05 bits per heavy atom. The van der Waals surface area contributed by atoms with Gasteiger partial charge in [-0.05, 0) is 30.2 Å². The third-order valence-corrected chi connectivity index (χ3v) is 2.96. The molecule has 0 atom stereocenters. The predicted octanol–water partition coefficient (Wildman–Crippen LogP) is 3.23. The van der Waals surface area contributed by atoms with Gasteiger partial charge in [-0.3, -0.25) is 0 Å². The number of carboxylic acid groups (broad SMARTS) is 1. The number of nitrogens with zero attached hydrogens (tertiary/aromatic N) is 1. The molecule has 0 bridgehead atoms.